The van der Waals surface area contributed by atoms with E-state index in [9.17, 15) is 0 Å². The summed E-state index contributed by atoms with van der Waals surface area (Å²) in [6.45, 7) is 4.35. The van der Waals surface area contributed by atoms with Crippen molar-refractivity contribution in [2.75, 3.05) is 5.32 Å². The molecule has 0 aliphatic heterocycles. The van der Waals surface area contributed by atoms with E-state index in [1.54, 1.807) is 4.68 Å². The second-order valence-corrected chi connectivity index (χ2v) is 8.05. The highest BCUT2D eigenvalue weighted by Gasteiger charge is 2.15. The summed E-state index contributed by atoms with van der Waals surface area (Å²) >= 11 is 0. The summed E-state index contributed by atoms with van der Waals surface area (Å²) in [5.41, 5.74) is 6.72. The largest absolute Gasteiger partial charge is 0.348 e. The zero-order chi connectivity index (χ0) is 21.5. The van der Waals surface area contributed by atoms with E-state index in [2.05, 4.69) is 51.5 Å². The Morgan fingerprint density at radius 3 is 2.58 bits per heavy atom. The van der Waals surface area contributed by atoms with Crippen LogP contribution in [0.25, 0.3) is 33.4 Å². The Morgan fingerprint density at radius 1 is 0.968 bits per heavy atom. The van der Waals surface area contributed by atoms with Crippen LogP contribution in [0.2, 0.25) is 0 Å². The summed E-state index contributed by atoms with van der Waals surface area (Å²) < 4.78 is 3.59. The van der Waals surface area contributed by atoms with E-state index >= 15 is 0 Å². The van der Waals surface area contributed by atoms with Crippen LogP contribution in [-0.2, 0) is 14.1 Å². The first-order valence-corrected chi connectivity index (χ1v) is 10.2. The number of pyridine rings is 2. The number of aromatic nitrogens is 7. The molecule has 0 saturated carbocycles. The van der Waals surface area contributed by atoms with E-state index in [4.69, 9.17) is 4.98 Å². The third-order valence-corrected chi connectivity index (χ3v) is 5.29. The van der Waals surface area contributed by atoms with Gasteiger partial charge in [-0.1, -0.05) is 13.8 Å². The average molecular weight is 413 g/mol. The van der Waals surface area contributed by atoms with Gasteiger partial charge in [0.2, 0.25) is 0 Å². The molecule has 0 spiro atoms. The number of anilines is 2. The lowest BCUT2D eigenvalue weighted by Gasteiger charge is -2.06. The van der Waals surface area contributed by atoms with Crippen molar-refractivity contribution < 1.29 is 0 Å². The van der Waals surface area contributed by atoms with Gasteiger partial charge in [-0.25, -0.2) is 4.98 Å². The maximum Gasteiger partial charge on any atom is 0.132 e. The highest BCUT2D eigenvalue weighted by molar-refractivity contribution is 5.86. The number of aryl methyl sites for hydroxylation is 2. The first kappa shape index (κ1) is 19.0. The minimum atomic E-state index is 0.469. The van der Waals surface area contributed by atoms with Crippen molar-refractivity contribution in [3.63, 3.8) is 0 Å². The van der Waals surface area contributed by atoms with Crippen molar-refractivity contribution in [3.05, 3.63) is 60.8 Å². The molecule has 0 aliphatic carbocycles. The van der Waals surface area contributed by atoms with Crippen molar-refractivity contribution in [1.82, 2.24) is 34.5 Å². The normalized spacial score (nSPS) is 11.5. The van der Waals surface area contributed by atoms with Gasteiger partial charge in [0.05, 0.1) is 17.2 Å². The molecule has 156 valence electrons. The molecule has 0 unspecified atom stereocenters. The van der Waals surface area contributed by atoms with Crippen LogP contribution in [0.3, 0.4) is 0 Å². The van der Waals surface area contributed by atoms with E-state index in [1.165, 1.54) is 5.56 Å². The van der Waals surface area contributed by atoms with Crippen LogP contribution in [0.1, 0.15) is 25.3 Å². The maximum absolute atomic E-state index is 4.79. The molecule has 0 bridgehead atoms. The third-order valence-electron chi connectivity index (χ3n) is 5.29. The molecule has 31 heavy (non-hydrogen) atoms. The van der Waals surface area contributed by atoms with Crippen LogP contribution in [0.4, 0.5) is 11.6 Å². The predicted molar refractivity (Wildman–Crippen MR) is 122 cm³/mol. The SMILES string of the molecule is CC(C)c1c[nH]c(Nc2ccc3ncc(-c4cn(C)nc4-c4cnn(C)c4)cc3n2)c1. The van der Waals surface area contributed by atoms with Gasteiger partial charge in [-0.2, -0.15) is 10.2 Å². The second-order valence-electron chi connectivity index (χ2n) is 8.05. The van der Waals surface area contributed by atoms with Crippen LogP contribution in [0.5, 0.6) is 0 Å². The fourth-order valence-corrected chi connectivity index (χ4v) is 3.63. The summed E-state index contributed by atoms with van der Waals surface area (Å²) in [7, 11) is 3.82. The first-order chi connectivity index (χ1) is 15.0. The first-order valence-electron chi connectivity index (χ1n) is 10.2. The fourth-order valence-electron chi connectivity index (χ4n) is 3.63. The topological polar surface area (TPSA) is 89.2 Å². The van der Waals surface area contributed by atoms with E-state index in [-0.39, 0.29) is 0 Å². The molecule has 0 fully saturated rings. The van der Waals surface area contributed by atoms with Gasteiger partial charge in [-0.05, 0) is 35.7 Å². The van der Waals surface area contributed by atoms with Crippen LogP contribution in [-0.4, -0.2) is 34.5 Å². The molecule has 2 N–H and O–H groups in total. The number of fused-ring (bicyclic) bond motifs is 1. The maximum atomic E-state index is 4.79. The molecule has 8 heteroatoms. The Labute approximate surface area is 180 Å². The molecule has 0 radical (unpaired) electrons. The minimum Gasteiger partial charge on any atom is -0.348 e. The molecule has 5 aromatic heterocycles. The summed E-state index contributed by atoms with van der Waals surface area (Å²) in [6, 6.07) is 8.09. The van der Waals surface area contributed by atoms with Gasteiger partial charge >= 0.3 is 0 Å². The number of hydrogen-bond donors (Lipinski definition) is 2. The van der Waals surface area contributed by atoms with Gasteiger partial charge in [-0.3, -0.25) is 14.3 Å². The van der Waals surface area contributed by atoms with Gasteiger partial charge in [0, 0.05) is 55.6 Å². The monoisotopic (exact) mass is 412 g/mol. The average Bonchev–Trinajstić information content (AvgIpc) is 3.47. The van der Waals surface area contributed by atoms with Crippen LogP contribution < -0.4 is 5.32 Å². The fraction of sp³-hybridized carbons (Fsp3) is 0.217. The summed E-state index contributed by atoms with van der Waals surface area (Å²) in [5.74, 6) is 2.16. The van der Waals surface area contributed by atoms with Crippen molar-refractivity contribution in [3.8, 4) is 22.4 Å². The predicted octanol–water partition coefficient (Wildman–Crippen LogP) is 4.63. The van der Waals surface area contributed by atoms with Crippen molar-refractivity contribution in [1.29, 1.82) is 0 Å². The van der Waals surface area contributed by atoms with Gasteiger partial charge in [-0.15, -0.1) is 0 Å². The smallest absolute Gasteiger partial charge is 0.132 e. The molecule has 5 heterocycles. The lowest BCUT2D eigenvalue weighted by molar-refractivity contribution is 0.766. The Bertz CT molecular complexity index is 1370. The van der Waals surface area contributed by atoms with E-state index in [1.807, 2.05) is 61.9 Å². The number of H-pyrrole nitrogens is 1. The molecule has 0 saturated heterocycles. The Hall–Kier alpha value is -3.94. The van der Waals surface area contributed by atoms with Gasteiger partial charge in [0.25, 0.3) is 0 Å². The molecule has 0 aromatic carbocycles. The van der Waals surface area contributed by atoms with E-state index in [0.717, 1.165) is 45.1 Å². The van der Waals surface area contributed by atoms with Crippen LogP contribution in [0.15, 0.2) is 55.2 Å². The van der Waals surface area contributed by atoms with E-state index in [0.29, 0.717) is 5.92 Å². The van der Waals surface area contributed by atoms with Crippen molar-refractivity contribution >= 4 is 22.7 Å². The van der Waals surface area contributed by atoms with Crippen molar-refractivity contribution in [2.24, 2.45) is 14.1 Å². The Balaban J connectivity index is 1.51. The van der Waals surface area contributed by atoms with Gasteiger partial charge < -0.3 is 10.3 Å². The summed E-state index contributed by atoms with van der Waals surface area (Å²) in [5, 5.41) is 12.3. The molecule has 8 nitrogen and oxygen atoms in total. The summed E-state index contributed by atoms with van der Waals surface area (Å²) in [4.78, 5) is 12.7. The number of nitrogens with one attached hydrogen (secondary N) is 2. The highest BCUT2D eigenvalue weighted by atomic mass is 15.3. The highest BCUT2D eigenvalue weighted by Crippen LogP contribution is 2.31. The lowest BCUT2D eigenvalue weighted by Crippen LogP contribution is -1.95. The third kappa shape index (κ3) is 3.68. The van der Waals surface area contributed by atoms with E-state index < -0.39 is 0 Å². The number of nitrogens with zero attached hydrogens (tertiary/aromatic N) is 6. The number of aromatic amines is 1. The number of rotatable bonds is 5. The minimum absolute atomic E-state index is 0.469. The Kier molecular flexibility index (Phi) is 4.54. The molecule has 0 aliphatic rings. The lowest BCUT2D eigenvalue weighted by atomic mass is 10.1. The summed E-state index contributed by atoms with van der Waals surface area (Å²) in [6.07, 6.45) is 9.67. The Morgan fingerprint density at radius 2 is 1.84 bits per heavy atom. The molecular weight excluding hydrogens is 388 g/mol. The number of hydrogen-bond acceptors (Lipinski definition) is 5. The van der Waals surface area contributed by atoms with Crippen LogP contribution >= 0.6 is 0 Å². The zero-order valence-corrected chi connectivity index (χ0v) is 18.0. The molecule has 5 aromatic rings. The standard InChI is InChI=1S/C23H24N8/c1-14(2)15-8-22(25-9-15)28-21-6-5-19-20(27-21)7-16(10-24-19)18-13-31(4)29-23(18)17-11-26-30(3)12-17/h5-14,25H,1-4H3,(H,27,28). The second kappa shape index (κ2) is 7.39. The zero-order valence-electron chi connectivity index (χ0n) is 18.0. The molecular formula is C23H24N8. The van der Waals surface area contributed by atoms with Crippen LogP contribution in [0, 0.1) is 0 Å². The van der Waals surface area contributed by atoms with Gasteiger partial charge in [0.15, 0.2) is 0 Å². The molecule has 0 amide bonds. The molecule has 5 rings (SSSR count). The van der Waals surface area contributed by atoms with Crippen molar-refractivity contribution in [2.45, 2.75) is 19.8 Å². The van der Waals surface area contributed by atoms with Gasteiger partial charge in [0.1, 0.15) is 17.3 Å². The molecule has 0 atom stereocenters. The quantitative estimate of drug-likeness (QED) is 0.439.